The molecule has 0 spiro atoms. The predicted octanol–water partition coefficient (Wildman–Crippen LogP) is 6.45. The zero-order valence-electron chi connectivity index (χ0n) is 24.2. The third-order valence-electron chi connectivity index (χ3n) is 6.82. The first-order chi connectivity index (χ1) is 18.6. The standard InChI is InChI=1S/C31H41N3O4S/c1-21(2)18-34(31(36)32-26-10-8-9-22(3)24(26)5)20-30(35)33(19-29-23(4)14-16-39-29)15-13-25-11-12-27(37-6)28(17-25)38-7/h8-12,14,16-17,21H,13,15,18-20H2,1-7H3,(H,32,36). The zero-order valence-corrected chi connectivity index (χ0v) is 25.0. The van der Waals surface area contributed by atoms with Crippen LogP contribution in [0, 0.1) is 26.7 Å². The first-order valence-corrected chi connectivity index (χ1v) is 14.1. The Morgan fingerprint density at radius 1 is 0.949 bits per heavy atom. The van der Waals surface area contributed by atoms with Crippen LogP contribution in [0.1, 0.15) is 41.0 Å². The number of thiophene rings is 1. The topological polar surface area (TPSA) is 71.1 Å². The summed E-state index contributed by atoms with van der Waals surface area (Å²) in [5.74, 6) is 1.46. The van der Waals surface area contributed by atoms with Crippen LogP contribution < -0.4 is 14.8 Å². The molecule has 8 heteroatoms. The summed E-state index contributed by atoms with van der Waals surface area (Å²) in [4.78, 5) is 31.8. The molecule has 210 valence electrons. The molecule has 39 heavy (non-hydrogen) atoms. The summed E-state index contributed by atoms with van der Waals surface area (Å²) in [6.07, 6.45) is 0.648. The SMILES string of the molecule is COc1ccc(CCN(Cc2sccc2C)C(=O)CN(CC(C)C)C(=O)Nc2cccc(C)c2C)cc1OC. The zero-order chi connectivity index (χ0) is 28.5. The summed E-state index contributed by atoms with van der Waals surface area (Å²) in [5, 5.41) is 5.08. The normalized spacial score (nSPS) is 10.9. The molecule has 0 aliphatic rings. The number of methoxy groups -OCH3 is 2. The summed E-state index contributed by atoms with van der Waals surface area (Å²) < 4.78 is 10.8. The molecule has 1 aromatic heterocycles. The number of ether oxygens (including phenoxy) is 2. The Morgan fingerprint density at radius 3 is 2.33 bits per heavy atom. The van der Waals surface area contributed by atoms with Crippen LogP contribution in [0.5, 0.6) is 11.5 Å². The van der Waals surface area contributed by atoms with Gasteiger partial charge in [-0.25, -0.2) is 4.79 Å². The maximum atomic E-state index is 13.8. The Kier molecular flexibility index (Phi) is 10.8. The van der Waals surface area contributed by atoms with Crippen LogP contribution in [0.3, 0.4) is 0 Å². The van der Waals surface area contributed by atoms with E-state index in [2.05, 4.69) is 18.3 Å². The molecule has 0 aliphatic heterocycles. The second-order valence-corrected chi connectivity index (χ2v) is 11.2. The molecule has 0 fully saturated rings. The molecule has 3 aromatic rings. The van der Waals surface area contributed by atoms with E-state index < -0.39 is 0 Å². The van der Waals surface area contributed by atoms with Gasteiger partial charge >= 0.3 is 6.03 Å². The average Bonchev–Trinajstić information content (AvgIpc) is 3.32. The lowest BCUT2D eigenvalue weighted by molar-refractivity contribution is -0.132. The van der Waals surface area contributed by atoms with E-state index in [1.54, 1.807) is 30.5 Å². The number of benzene rings is 2. The van der Waals surface area contributed by atoms with Crippen molar-refractivity contribution in [3.05, 3.63) is 75.0 Å². The third-order valence-corrected chi connectivity index (χ3v) is 7.83. The Bertz CT molecular complexity index is 1270. The van der Waals surface area contributed by atoms with Crippen LogP contribution in [0.25, 0.3) is 0 Å². The van der Waals surface area contributed by atoms with Gasteiger partial charge in [-0.15, -0.1) is 11.3 Å². The molecule has 0 unspecified atom stereocenters. The Balaban J connectivity index is 1.79. The lowest BCUT2D eigenvalue weighted by Gasteiger charge is -2.29. The average molecular weight is 552 g/mol. The maximum absolute atomic E-state index is 13.8. The number of nitrogens with zero attached hydrogens (tertiary/aromatic N) is 2. The van der Waals surface area contributed by atoms with Gasteiger partial charge in [0, 0.05) is 23.7 Å². The van der Waals surface area contributed by atoms with Gasteiger partial charge in [-0.1, -0.05) is 32.0 Å². The van der Waals surface area contributed by atoms with Gasteiger partial charge in [0.15, 0.2) is 11.5 Å². The summed E-state index contributed by atoms with van der Waals surface area (Å²) in [5.41, 5.74) is 5.09. The fourth-order valence-corrected chi connectivity index (χ4v) is 5.26. The van der Waals surface area contributed by atoms with Crippen LogP contribution in [0.15, 0.2) is 47.8 Å². The van der Waals surface area contributed by atoms with Crippen LogP contribution in [-0.2, 0) is 17.8 Å². The van der Waals surface area contributed by atoms with Crippen molar-refractivity contribution in [2.45, 2.75) is 47.6 Å². The minimum Gasteiger partial charge on any atom is -0.493 e. The molecule has 3 amide bonds. The molecule has 0 saturated heterocycles. The molecule has 7 nitrogen and oxygen atoms in total. The lowest BCUT2D eigenvalue weighted by atomic mass is 10.1. The number of hydrogen-bond acceptors (Lipinski definition) is 5. The van der Waals surface area contributed by atoms with Crippen LogP contribution in [-0.4, -0.2) is 55.6 Å². The van der Waals surface area contributed by atoms with Crippen LogP contribution >= 0.6 is 11.3 Å². The van der Waals surface area contributed by atoms with Gasteiger partial charge in [-0.05, 0) is 85.0 Å². The lowest BCUT2D eigenvalue weighted by Crippen LogP contribution is -2.46. The van der Waals surface area contributed by atoms with E-state index >= 15 is 0 Å². The highest BCUT2D eigenvalue weighted by Gasteiger charge is 2.24. The molecule has 0 saturated carbocycles. The number of rotatable bonds is 12. The van der Waals surface area contributed by atoms with E-state index in [9.17, 15) is 9.59 Å². The van der Waals surface area contributed by atoms with Gasteiger partial charge in [0.25, 0.3) is 0 Å². The summed E-state index contributed by atoms with van der Waals surface area (Å²) in [7, 11) is 3.23. The highest BCUT2D eigenvalue weighted by atomic mass is 32.1. The van der Waals surface area contributed by atoms with Crippen molar-refractivity contribution in [2.24, 2.45) is 5.92 Å². The third kappa shape index (κ3) is 8.23. The van der Waals surface area contributed by atoms with Crippen molar-refractivity contribution in [1.82, 2.24) is 9.80 Å². The molecule has 3 rings (SSSR count). The van der Waals surface area contributed by atoms with Gasteiger partial charge in [0.05, 0.1) is 20.8 Å². The quantitative estimate of drug-likeness (QED) is 0.281. The minimum absolute atomic E-state index is 0.00519. The molecular formula is C31H41N3O4S. The maximum Gasteiger partial charge on any atom is 0.322 e. The molecule has 0 bridgehead atoms. The van der Waals surface area contributed by atoms with Crippen molar-refractivity contribution >= 4 is 29.0 Å². The smallest absolute Gasteiger partial charge is 0.322 e. The van der Waals surface area contributed by atoms with Gasteiger partial charge in [-0.2, -0.15) is 0 Å². The molecule has 1 heterocycles. The van der Waals surface area contributed by atoms with Crippen molar-refractivity contribution in [2.75, 3.05) is 39.2 Å². The van der Waals surface area contributed by atoms with E-state index in [1.807, 2.05) is 74.4 Å². The second kappa shape index (κ2) is 14.0. The number of aryl methyl sites for hydroxylation is 2. The van der Waals surface area contributed by atoms with E-state index in [0.29, 0.717) is 37.6 Å². The molecular weight excluding hydrogens is 510 g/mol. The van der Waals surface area contributed by atoms with E-state index in [4.69, 9.17) is 9.47 Å². The van der Waals surface area contributed by atoms with Crippen molar-refractivity contribution in [1.29, 1.82) is 0 Å². The minimum atomic E-state index is -0.266. The number of carbonyl (C=O) groups is 2. The van der Waals surface area contributed by atoms with Crippen LogP contribution in [0.4, 0.5) is 10.5 Å². The Labute approximate surface area is 236 Å². The van der Waals surface area contributed by atoms with Gasteiger partial charge in [0.2, 0.25) is 5.91 Å². The fraction of sp³-hybridized carbons (Fsp3) is 0.419. The van der Waals surface area contributed by atoms with Crippen molar-refractivity contribution in [3.8, 4) is 11.5 Å². The highest BCUT2D eigenvalue weighted by molar-refractivity contribution is 7.10. The van der Waals surface area contributed by atoms with Gasteiger partial charge in [0.1, 0.15) is 6.54 Å². The number of urea groups is 1. The molecule has 2 aromatic carbocycles. The van der Waals surface area contributed by atoms with Gasteiger partial charge < -0.3 is 24.6 Å². The number of nitrogens with one attached hydrogen (secondary N) is 1. The predicted molar refractivity (Wildman–Crippen MR) is 159 cm³/mol. The van der Waals surface area contributed by atoms with Crippen molar-refractivity contribution in [3.63, 3.8) is 0 Å². The fourth-order valence-electron chi connectivity index (χ4n) is 4.34. The summed E-state index contributed by atoms with van der Waals surface area (Å²) >= 11 is 1.65. The second-order valence-electron chi connectivity index (χ2n) is 10.2. The molecule has 0 radical (unpaired) electrons. The van der Waals surface area contributed by atoms with Crippen LogP contribution in [0.2, 0.25) is 0 Å². The summed E-state index contributed by atoms with van der Waals surface area (Å²) in [6.45, 7) is 11.7. The first-order valence-electron chi connectivity index (χ1n) is 13.3. The summed E-state index contributed by atoms with van der Waals surface area (Å²) in [6, 6.07) is 13.5. The first kappa shape index (κ1) is 30.0. The molecule has 0 atom stereocenters. The number of anilines is 1. The van der Waals surface area contributed by atoms with Gasteiger partial charge in [-0.3, -0.25) is 4.79 Å². The van der Waals surface area contributed by atoms with E-state index in [0.717, 1.165) is 32.8 Å². The number of carbonyl (C=O) groups excluding carboxylic acids is 2. The number of hydrogen-bond donors (Lipinski definition) is 1. The largest absolute Gasteiger partial charge is 0.493 e. The Morgan fingerprint density at radius 2 is 1.69 bits per heavy atom. The number of amides is 3. The van der Waals surface area contributed by atoms with E-state index in [-0.39, 0.29) is 24.4 Å². The highest BCUT2D eigenvalue weighted by Crippen LogP contribution is 2.28. The molecule has 0 aliphatic carbocycles. The van der Waals surface area contributed by atoms with E-state index in [1.165, 1.54) is 0 Å². The molecule has 1 N–H and O–H groups in total. The Hall–Kier alpha value is -3.52. The van der Waals surface area contributed by atoms with Crippen molar-refractivity contribution < 1.29 is 19.1 Å². The monoisotopic (exact) mass is 551 g/mol.